The summed E-state index contributed by atoms with van der Waals surface area (Å²) in [6.45, 7) is 2.07. The van der Waals surface area contributed by atoms with E-state index in [1.165, 1.54) is 18.9 Å². The third-order valence-corrected chi connectivity index (χ3v) is 5.97. The number of halogens is 1. The summed E-state index contributed by atoms with van der Waals surface area (Å²) in [6, 6.07) is 10.9. The average Bonchev–Trinajstić information content (AvgIpc) is 2.73. The highest BCUT2D eigenvalue weighted by Crippen LogP contribution is 2.38. The Morgan fingerprint density at radius 1 is 1.34 bits per heavy atom. The standard InChI is InChI=1S/C20H19ClN4O3S/c1-3-8-29-20-23-19(27)16-12-6-4-5-7-14(12)22-18(25(16)24-20)11-9-13(21)17(26)15(10-11)28-2/h4-7,9-10,18H,3,8H2,1-2H3,(H2,23,24,26,27)/p+1/t18-/m0/s1. The number of phenolic OH excluding ortho intramolecular Hbond substituents is 1. The van der Waals surface area contributed by atoms with Crippen molar-refractivity contribution in [2.75, 3.05) is 18.2 Å². The van der Waals surface area contributed by atoms with Crippen molar-refractivity contribution < 1.29 is 14.5 Å². The van der Waals surface area contributed by atoms with E-state index in [1.807, 2.05) is 24.3 Å². The molecule has 0 aliphatic carbocycles. The average molecular weight is 432 g/mol. The number of phenols is 1. The molecule has 3 N–H and O–H groups in total. The summed E-state index contributed by atoms with van der Waals surface area (Å²) in [5.74, 6) is 0.966. The lowest BCUT2D eigenvalue weighted by Crippen LogP contribution is -2.55. The first-order valence-electron chi connectivity index (χ1n) is 9.14. The van der Waals surface area contributed by atoms with E-state index in [2.05, 4.69) is 17.2 Å². The number of H-pyrrole nitrogens is 1. The third-order valence-electron chi connectivity index (χ3n) is 4.61. The van der Waals surface area contributed by atoms with Gasteiger partial charge in [0.25, 0.3) is 6.17 Å². The predicted octanol–water partition coefficient (Wildman–Crippen LogP) is 3.57. The largest absolute Gasteiger partial charge is 0.503 e. The zero-order valence-corrected chi connectivity index (χ0v) is 17.5. The number of ether oxygens (including phenoxy) is 1. The van der Waals surface area contributed by atoms with Crippen LogP contribution in [0.15, 0.2) is 46.3 Å². The van der Waals surface area contributed by atoms with Crippen LogP contribution >= 0.6 is 23.4 Å². The van der Waals surface area contributed by atoms with Gasteiger partial charge in [-0.15, -0.1) is 0 Å². The molecule has 1 aliphatic rings. The third kappa shape index (κ3) is 3.54. The number of benzene rings is 2. The first kappa shape index (κ1) is 19.6. The van der Waals surface area contributed by atoms with Crippen molar-refractivity contribution in [2.24, 2.45) is 0 Å². The molecule has 150 valence electrons. The maximum atomic E-state index is 13.0. The van der Waals surface area contributed by atoms with Crippen molar-refractivity contribution in [3.8, 4) is 22.8 Å². The van der Waals surface area contributed by atoms with Crippen LogP contribution in [0.25, 0.3) is 11.3 Å². The first-order valence-corrected chi connectivity index (χ1v) is 10.5. The summed E-state index contributed by atoms with van der Waals surface area (Å²) in [5, 5.41) is 18.9. The van der Waals surface area contributed by atoms with E-state index in [0.717, 1.165) is 23.4 Å². The van der Waals surface area contributed by atoms with E-state index in [-0.39, 0.29) is 22.1 Å². The highest BCUT2D eigenvalue weighted by molar-refractivity contribution is 7.99. The molecule has 7 nitrogen and oxygen atoms in total. The van der Waals surface area contributed by atoms with Crippen LogP contribution in [0, 0.1) is 0 Å². The molecule has 0 amide bonds. The summed E-state index contributed by atoms with van der Waals surface area (Å²) in [5.41, 5.74) is 2.51. The number of anilines is 1. The maximum Gasteiger partial charge on any atom is 0.325 e. The number of aromatic amines is 1. The van der Waals surface area contributed by atoms with Crippen molar-refractivity contribution in [2.45, 2.75) is 24.7 Å². The SMILES string of the molecule is CCCSc1n[n+]2c(c(=O)[nH]1)-c1ccccc1N[C@@H]2c1cc(Cl)c(O)c(OC)c1. The van der Waals surface area contributed by atoms with Gasteiger partial charge in [-0.05, 0) is 35.4 Å². The highest BCUT2D eigenvalue weighted by Gasteiger charge is 2.38. The molecule has 0 saturated heterocycles. The monoisotopic (exact) mass is 431 g/mol. The molecule has 0 spiro atoms. The van der Waals surface area contributed by atoms with Gasteiger partial charge in [-0.1, -0.05) is 42.4 Å². The van der Waals surface area contributed by atoms with E-state index in [0.29, 0.717) is 16.4 Å². The molecule has 3 aromatic rings. The molecule has 9 heteroatoms. The summed E-state index contributed by atoms with van der Waals surface area (Å²) in [4.78, 5) is 15.9. The molecule has 0 bridgehead atoms. The molecule has 29 heavy (non-hydrogen) atoms. The van der Waals surface area contributed by atoms with Crippen LogP contribution in [0.3, 0.4) is 0 Å². The lowest BCUT2D eigenvalue weighted by Gasteiger charge is -2.23. The number of para-hydroxylation sites is 1. The molecule has 0 fully saturated rings. The van der Waals surface area contributed by atoms with Crippen LogP contribution < -0.4 is 20.3 Å². The lowest BCUT2D eigenvalue weighted by atomic mass is 10.0. The Morgan fingerprint density at radius 2 is 2.14 bits per heavy atom. The van der Waals surface area contributed by atoms with Crippen molar-refractivity contribution in [3.05, 3.63) is 57.3 Å². The number of thioether (sulfide) groups is 1. The molecular formula is C20H20ClN4O3S+. The zero-order valence-electron chi connectivity index (χ0n) is 15.9. The number of aromatic hydroxyl groups is 1. The van der Waals surface area contributed by atoms with Gasteiger partial charge >= 0.3 is 11.3 Å². The van der Waals surface area contributed by atoms with Crippen molar-refractivity contribution in [1.29, 1.82) is 0 Å². The van der Waals surface area contributed by atoms with Gasteiger partial charge in [0.1, 0.15) is 0 Å². The van der Waals surface area contributed by atoms with E-state index in [4.69, 9.17) is 21.4 Å². The number of methoxy groups -OCH3 is 1. The fraction of sp³-hybridized carbons (Fsp3) is 0.250. The van der Waals surface area contributed by atoms with E-state index >= 15 is 0 Å². The van der Waals surface area contributed by atoms with Crippen LogP contribution in [-0.2, 0) is 0 Å². The Morgan fingerprint density at radius 3 is 2.90 bits per heavy atom. The summed E-state index contributed by atoms with van der Waals surface area (Å²) in [7, 11) is 1.46. The number of rotatable bonds is 5. The Kier molecular flexibility index (Phi) is 5.38. The van der Waals surface area contributed by atoms with Gasteiger partial charge in [0.15, 0.2) is 11.5 Å². The number of nitrogens with zero attached hydrogens (tertiary/aromatic N) is 2. The molecule has 4 rings (SSSR count). The molecule has 2 heterocycles. The molecule has 1 aliphatic heterocycles. The normalized spacial score (nSPS) is 14.7. The van der Waals surface area contributed by atoms with Gasteiger partial charge in [0.05, 0.1) is 23.4 Å². The minimum atomic E-state index is -0.504. The Balaban J connectivity index is 1.93. The second-order valence-corrected chi connectivity index (χ2v) is 8.04. The molecule has 0 saturated carbocycles. The Hall–Kier alpha value is -2.71. The van der Waals surface area contributed by atoms with Gasteiger partial charge in [-0.2, -0.15) is 0 Å². The van der Waals surface area contributed by atoms with Gasteiger partial charge in [0, 0.05) is 16.4 Å². The maximum absolute atomic E-state index is 13.0. The van der Waals surface area contributed by atoms with E-state index in [9.17, 15) is 9.90 Å². The minimum Gasteiger partial charge on any atom is -0.503 e. The molecule has 0 radical (unpaired) electrons. The lowest BCUT2D eigenvalue weighted by molar-refractivity contribution is -0.759. The molecule has 0 unspecified atom stereocenters. The van der Waals surface area contributed by atoms with Crippen LogP contribution in [0.1, 0.15) is 25.1 Å². The number of aromatic nitrogens is 3. The smallest absolute Gasteiger partial charge is 0.325 e. The highest BCUT2D eigenvalue weighted by atomic mass is 35.5. The number of nitrogens with one attached hydrogen (secondary N) is 2. The van der Waals surface area contributed by atoms with Gasteiger partial charge in [-0.25, -0.2) is 0 Å². The molecule has 1 aromatic heterocycles. The fourth-order valence-electron chi connectivity index (χ4n) is 3.29. The predicted molar refractivity (Wildman–Crippen MR) is 113 cm³/mol. The second kappa shape index (κ2) is 7.96. The Labute approximate surface area is 176 Å². The van der Waals surface area contributed by atoms with Crippen molar-refractivity contribution >= 4 is 29.1 Å². The van der Waals surface area contributed by atoms with Crippen molar-refractivity contribution in [3.63, 3.8) is 0 Å². The zero-order chi connectivity index (χ0) is 20.5. The first-order chi connectivity index (χ1) is 14.0. The quantitative estimate of drug-likeness (QED) is 0.422. The van der Waals surface area contributed by atoms with Gasteiger partial charge in [-0.3, -0.25) is 9.78 Å². The van der Waals surface area contributed by atoms with Crippen LogP contribution in [0.4, 0.5) is 5.69 Å². The summed E-state index contributed by atoms with van der Waals surface area (Å²) < 4.78 is 6.92. The van der Waals surface area contributed by atoms with Crippen LogP contribution in [0.2, 0.25) is 5.02 Å². The number of hydrogen-bond donors (Lipinski definition) is 3. The topological polar surface area (TPSA) is 91.1 Å². The molecule has 1 atom stereocenters. The van der Waals surface area contributed by atoms with E-state index < -0.39 is 6.17 Å². The van der Waals surface area contributed by atoms with Crippen molar-refractivity contribution in [1.82, 2.24) is 10.1 Å². The molecular weight excluding hydrogens is 412 g/mol. The minimum absolute atomic E-state index is 0.127. The number of hydrogen-bond acceptors (Lipinski definition) is 6. The van der Waals surface area contributed by atoms with Gasteiger partial charge in [0.2, 0.25) is 5.16 Å². The van der Waals surface area contributed by atoms with E-state index in [1.54, 1.807) is 16.8 Å². The fourth-order valence-corrected chi connectivity index (χ4v) is 4.21. The summed E-state index contributed by atoms with van der Waals surface area (Å²) >= 11 is 7.71. The molecule has 2 aromatic carbocycles. The second-order valence-electron chi connectivity index (χ2n) is 6.55. The summed E-state index contributed by atoms with van der Waals surface area (Å²) in [6.07, 6.45) is 0.459. The van der Waals surface area contributed by atoms with Crippen LogP contribution in [-0.4, -0.2) is 28.1 Å². The Bertz CT molecular complexity index is 1140. The van der Waals surface area contributed by atoms with Gasteiger partial charge < -0.3 is 15.2 Å². The van der Waals surface area contributed by atoms with Crippen LogP contribution in [0.5, 0.6) is 11.5 Å². The number of fused-ring (bicyclic) bond motifs is 3.